The van der Waals surface area contributed by atoms with E-state index in [0.717, 1.165) is 25.6 Å². The summed E-state index contributed by atoms with van der Waals surface area (Å²) in [4.78, 5) is 9.46. The van der Waals surface area contributed by atoms with Crippen molar-refractivity contribution >= 4 is 0 Å². The van der Waals surface area contributed by atoms with E-state index in [1.807, 2.05) is 12.4 Å². The van der Waals surface area contributed by atoms with E-state index in [4.69, 9.17) is 0 Å². The maximum absolute atomic E-state index is 4.16. The number of aryl methyl sites for hydroxylation is 1. The van der Waals surface area contributed by atoms with Crippen molar-refractivity contribution < 1.29 is 0 Å². The molecule has 0 aliphatic carbocycles. The number of hydrogen-bond donors (Lipinski definition) is 0. The monoisotopic (exact) mass is 337 g/mol. The maximum Gasteiger partial charge on any atom is 0.0271 e. The molecule has 1 atom stereocenters. The molecule has 134 valence electrons. The summed E-state index contributed by atoms with van der Waals surface area (Å²) in [5.41, 5.74) is 2.82. The van der Waals surface area contributed by atoms with Crippen LogP contribution >= 0.6 is 0 Å². The van der Waals surface area contributed by atoms with E-state index < -0.39 is 0 Å². The normalized spacial score (nSPS) is 18.1. The number of nitrogens with zero attached hydrogens (tertiary/aromatic N) is 3. The fraction of sp³-hybridized carbons (Fsp3) is 0.500. The Labute approximate surface area is 152 Å². The molecule has 3 rings (SSSR count). The first-order valence-corrected chi connectivity index (χ1v) is 9.74. The third-order valence-electron chi connectivity index (χ3n) is 5.31. The highest BCUT2D eigenvalue weighted by Crippen LogP contribution is 2.19. The molecule has 1 fully saturated rings. The molecular formula is C22H31N3. The average molecular weight is 338 g/mol. The lowest BCUT2D eigenvalue weighted by atomic mass is 10.1. The molecular weight excluding hydrogens is 306 g/mol. The Morgan fingerprint density at radius 1 is 1.08 bits per heavy atom. The molecule has 0 bridgehead atoms. The van der Waals surface area contributed by atoms with Crippen molar-refractivity contribution in [2.75, 3.05) is 26.2 Å². The molecule has 3 heteroatoms. The van der Waals surface area contributed by atoms with Crippen LogP contribution in [0.25, 0.3) is 0 Å². The van der Waals surface area contributed by atoms with Gasteiger partial charge in [0, 0.05) is 31.5 Å². The summed E-state index contributed by atoms with van der Waals surface area (Å²) in [6, 6.07) is 15.9. The molecule has 1 saturated heterocycles. The predicted molar refractivity (Wildman–Crippen MR) is 105 cm³/mol. The second-order valence-corrected chi connectivity index (χ2v) is 7.10. The molecule has 3 nitrogen and oxygen atoms in total. The van der Waals surface area contributed by atoms with Crippen LogP contribution < -0.4 is 0 Å². The van der Waals surface area contributed by atoms with Crippen molar-refractivity contribution in [3.05, 3.63) is 66.0 Å². The van der Waals surface area contributed by atoms with Gasteiger partial charge in [0.05, 0.1) is 0 Å². The first-order valence-electron chi connectivity index (χ1n) is 9.74. The lowest BCUT2D eigenvalue weighted by molar-refractivity contribution is 0.170. The molecule has 2 aromatic rings. The van der Waals surface area contributed by atoms with Crippen LogP contribution in [-0.4, -0.2) is 47.0 Å². The summed E-state index contributed by atoms with van der Waals surface area (Å²) in [6.07, 6.45) is 8.89. The van der Waals surface area contributed by atoms with Gasteiger partial charge >= 0.3 is 0 Å². The number of likely N-dealkylation sites (N-methyl/N-ethyl adjacent to an activating group) is 1. The predicted octanol–water partition coefficient (Wildman–Crippen LogP) is 4.00. The number of likely N-dealkylation sites (tertiary alicyclic amines) is 1. The van der Waals surface area contributed by atoms with Crippen LogP contribution in [0.5, 0.6) is 0 Å². The third kappa shape index (κ3) is 5.65. The van der Waals surface area contributed by atoms with Crippen LogP contribution in [0.4, 0.5) is 0 Å². The molecule has 1 aliphatic rings. The molecule has 0 saturated carbocycles. The smallest absolute Gasteiger partial charge is 0.0271 e. The Bertz CT molecular complexity index is 599. The van der Waals surface area contributed by atoms with Crippen LogP contribution in [0.1, 0.15) is 37.3 Å². The zero-order valence-electron chi connectivity index (χ0n) is 15.5. The average Bonchev–Trinajstić information content (AvgIpc) is 3.10. The van der Waals surface area contributed by atoms with Crippen molar-refractivity contribution in [1.29, 1.82) is 0 Å². The molecule has 2 heterocycles. The summed E-state index contributed by atoms with van der Waals surface area (Å²) >= 11 is 0. The van der Waals surface area contributed by atoms with Crippen molar-refractivity contribution in [3.8, 4) is 0 Å². The minimum absolute atomic E-state index is 0.726. The Morgan fingerprint density at radius 2 is 1.88 bits per heavy atom. The SMILES string of the molecule is CCN1CCC[C@@H]1CN(CCCc1ccccc1)Cc1ccncc1. The molecule has 1 aliphatic heterocycles. The summed E-state index contributed by atoms with van der Waals surface area (Å²) in [5.74, 6) is 0. The van der Waals surface area contributed by atoms with E-state index in [1.165, 1.54) is 50.0 Å². The highest BCUT2D eigenvalue weighted by Gasteiger charge is 2.24. The lowest BCUT2D eigenvalue weighted by Gasteiger charge is -2.30. The highest BCUT2D eigenvalue weighted by atomic mass is 15.2. The Hall–Kier alpha value is -1.71. The molecule has 0 radical (unpaired) electrons. The minimum Gasteiger partial charge on any atom is -0.299 e. The van der Waals surface area contributed by atoms with E-state index in [9.17, 15) is 0 Å². The van der Waals surface area contributed by atoms with Crippen molar-refractivity contribution in [2.24, 2.45) is 0 Å². The van der Waals surface area contributed by atoms with Gasteiger partial charge in [0.25, 0.3) is 0 Å². The van der Waals surface area contributed by atoms with Gasteiger partial charge in [-0.1, -0.05) is 37.3 Å². The zero-order valence-corrected chi connectivity index (χ0v) is 15.5. The van der Waals surface area contributed by atoms with Crippen molar-refractivity contribution in [1.82, 2.24) is 14.8 Å². The Kier molecular flexibility index (Phi) is 7.01. The maximum atomic E-state index is 4.16. The van der Waals surface area contributed by atoms with Gasteiger partial charge in [-0.25, -0.2) is 0 Å². The van der Waals surface area contributed by atoms with Gasteiger partial charge in [0.1, 0.15) is 0 Å². The second-order valence-electron chi connectivity index (χ2n) is 7.10. The van der Waals surface area contributed by atoms with Crippen molar-refractivity contribution in [2.45, 2.75) is 45.2 Å². The summed E-state index contributed by atoms with van der Waals surface area (Å²) < 4.78 is 0. The summed E-state index contributed by atoms with van der Waals surface area (Å²) in [5, 5.41) is 0. The Balaban J connectivity index is 1.57. The fourth-order valence-electron chi connectivity index (χ4n) is 3.95. The molecule has 1 aromatic heterocycles. The van der Waals surface area contributed by atoms with E-state index in [0.29, 0.717) is 0 Å². The molecule has 1 aromatic carbocycles. The van der Waals surface area contributed by atoms with Gasteiger partial charge in [-0.15, -0.1) is 0 Å². The van der Waals surface area contributed by atoms with Crippen LogP contribution in [0.2, 0.25) is 0 Å². The summed E-state index contributed by atoms with van der Waals surface area (Å²) in [7, 11) is 0. The molecule has 25 heavy (non-hydrogen) atoms. The standard InChI is InChI=1S/C22H31N3/c1-2-25-17-7-11-22(25)19-24(18-21-12-14-23-15-13-21)16-6-10-20-8-4-3-5-9-20/h3-5,8-9,12-15,22H,2,6-7,10-11,16-19H2,1H3/t22-/m1/s1. The van der Waals surface area contributed by atoms with E-state index in [2.05, 4.69) is 64.2 Å². The molecule has 0 N–H and O–H groups in total. The third-order valence-corrected chi connectivity index (χ3v) is 5.31. The van der Waals surface area contributed by atoms with Crippen LogP contribution in [0, 0.1) is 0 Å². The highest BCUT2D eigenvalue weighted by molar-refractivity contribution is 5.14. The van der Waals surface area contributed by atoms with Gasteiger partial charge in [-0.3, -0.25) is 14.8 Å². The van der Waals surface area contributed by atoms with Gasteiger partial charge < -0.3 is 0 Å². The van der Waals surface area contributed by atoms with Gasteiger partial charge in [0.2, 0.25) is 0 Å². The van der Waals surface area contributed by atoms with E-state index in [-0.39, 0.29) is 0 Å². The van der Waals surface area contributed by atoms with E-state index >= 15 is 0 Å². The van der Waals surface area contributed by atoms with Crippen LogP contribution in [0.3, 0.4) is 0 Å². The van der Waals surface area contributed by atoms with Gasteiger partial charge in [0.15, 0.2) is 0 Å². The number of pyridine rings is 1. The summed E-state index contributed by atoms with van der Waals surface area (Å²) in [6.45, 7) is 8.12. The zero-order chi connectivity index (χ0) is 17.3. The number of aromatic nitrogens is 1. The number of benzene rings is 1. The topological polar surface area (TPSA) is 19.4 Å². The molecule has 0 unspecified atom stereocenters. The largest absolute Gasteiger partial charge is 0.299 e. The minimum atomic E-state index is 0.726. The fourth-order valence-corrected chi connectivity index (χ4v) is 3.95. The van der Waals surface area contributed by atoms with Crippen LogP contribution in [0.15, 0.2) is 54.9 Å². The second kappa shape index (κ2) is 9.69. The van der Waals surface area contributed by atoms with Gasteiger partial charge in [-0.05, 0) is 68.6 Å². The number of rotatable bonds is 9. The molecule has 0 amide bonds. The van der Waals surface area contributed by atoms with Gasteiger partial charge in [-0.2, -0.15) is 0 Å². The Morgan fingerprint density at radius 3 is 2.64 bits per heavy atom. The molecule has 0 spiro atoms. The van der Waals surface area contributed by atoms with Crippen LogP contribution in [-0.2, 0) is 13.0 Å². The lowest BCUT2D eigenvalue weighted by Crippen LogP contribution is -2.40. The first kappa shape index (κ1) is 18.1. The first-order chi connectivity index (χ1) is 12.3. The quantitative estimate of drug-likeness (QED) is 0.689. The van der Waals surface area contributed by atoms with E-state index in [1.54, 1.807) is 0 Å². The number of hydrogen-bond acceptors (Lipinski definition) is 3. The van der Waals surface area contributed by atoms with Crippen molar-refractivity contribution in [3.63, 3.8) is 0 Å².